The van der Waals surface area contributed by atoms with Gasteiger partial charge < -0.3 is 0 Å². The SMILES string of the molecule is Cc1ccc(S(=O)(=O)c2ccc(F)cc2)cc1S(=O)(=O)NCCc1c(Cl)cccc1Cl. The highest BCUT2D eigenvalue weighted by molar-refractivity contribution is 7.91. The van der Waals surface area contributed by atoms with Crippen molar-refractivity contribution in [2.45, 2.75) is 28.0 Å². The molecule has 3 rings (SSSR count). The zero-order valence-corrected chi connectivity index (χ0v) is 19.4. The number of halogens is 3. The molecule has 31 heavy (non-hydrogen) atoms. The number of aryl methyl sites for hydroxylation is 1. The van der Waals surface area contributed by atoms with Gasteiger partial charge in [0.05, 0.1) is 14.7 Å². The molecule has 164 valence electrons. The van der Waals surface area contributed by atoms with Crippen LogP contribution >= 0.6 is 23.2 Å². The molecule has 0 heterocycles. The van der Waals surface area contributed by atoms with Gasteiger partial charge >= 0.3 is 0 Å². The highest BCUT2D eigenvalue weighted by atomic mass is 35.5. The lowest BCUT2D eigenvalue weighted by Crippen LogP contribution is -2.27. The van der Waals surface area contributed by atoms with Crippen molar-refractivity contribution in [2.24, 2.45) is 0 Å². The number of sulfonamides is 1. The van der Waals surface area contributed by atoms with Crippen LogP contribution in [0.25, 0.3) is 0 Å². The molecule has 0 fully saturated rings. The quantitative estimate of drug-likeness (QED) is 0.471. The van der Waals surface area contributed by atoms with Crippen LogP contribution in [0.2, 0.25) is 10.0 Å². The molecule has 0 aromatic heterocycles. The maximum Gasteiger partial charge on any atom is 0.240 e. The summed E-state index contributed by atoms with van der Waals surface area (Å²) in [4.78, 5) is -0.511. The molecule has 0 aliphatic heterocycles. The minimum Gasteiger partial charge on any atom is -0.219 e. The standard InChI is InChI=1S/C21H18Cl2FNO4S2/c1-14-5-8-17(30(26,27)16-9-6-15(24)7-10-16)13-21(14)31(28,29)25-12-11-18-19(22)3-2-4-20(18)23/h2-10,13,25H,11-12H2,1H3. The molecule has 3 aromatic carbocycles. The van der Waals surface area contributed by atoms with Crippen LogP contribution < -0.4 is 4.72 Å². The summed E-state index contributed by atoms with van der Waals surface area (Å²) in [6.45, 7) is 1.58. The topological polar surface area (TPSA) is 80.3 Å². The molecule has 0 unspecified atom stereocenters. The third-order valence-corrected chi connectivity index (χ3v) is 8.69. The lowest BCUT2D eigenvalue weighted by atomic mass is 10.1. The molecule has 0 bridgehead atoms. The van der Waals surface area contributed by atoms with Gasteiger partial charge in [0.2, 0.25) is 19.9 Å². The second-order valence-electron chi connectivity index (χ2n) is 6.73. The number of rotatable bonds is 7. The normalized spacial score (nSPS) is 12.1. The van der Waals surface area contributed by atoms with Crippen molar-refractivity contribution in [1.82, 2.24) is 4.72 Å². The average Bonchev–Trinajstić information content (AvgIpc) is 2.70. The van der Waals surface area contributed by atoms with E-state index in [9.17, 15) is 21.2 Å². The van der Waals surface area contributed by atoms with Gasteiger partial charge in [0, 0.05) is 16.6 Å². The Balaban J connectivity index is 1.87. The second-order valence-corrected chi connectivity index (χ2v) is 11.2. The molecule has 0 atom stereocenters. The molecule has 0 aliphatic rings. The first-order valence-corrected chi connectivity index (χ1v) is 12.8. The molecule has 0 saturated heterocycles. The molecule has 3 aromatic rings. The van der Waals surface area contributed by atoms with E-state index >= 15 is 0 Å². The summed E-state index contributed by atoms with van der Waals surface area (Å²) < 4.78 is 67.0. The Morgan fingerprint density at radius 3 is 2.06 bits per heavy atom. The minimum absolute atomic E-state index is 0.0141. The number of hydrogen-bond acceptors (Lipinski definition) is 4. The number of hydrogen-bond donors (Lipinski definition) is 1. The Labute approximate surface area is 190 Å². The van der Waals surface area contributed by atoms with Crippen molar-refractivity contribution in [1.29, 1.82) is 0 Å². The summed E-state index contributed by atoms with van der Waals surface area (Å²) in [6, 6.07) is 13.1. The fraction of sp³-hybridized carbons (Fsp3) is 0.143. The molecule has 0 aliphatic carbocycles. The fourth-order valence-electron chi connectivity index (χ4n) is 2.95. The Hall–Kier alpha value is -1.97. The molecule has 1 N–H and O–H groups in total. The van der Waals surface area contributed by atoms with E-state index in [1.165, 1.54) is 12.1 Å². The predicted octanol–water partition coefficient (Wildman–Crippen LogP) is 4.79. The van der Waals surface area contributed by atoms with E-state index in [1.54, 1.807) is 25.1 Å². The monoisotopic (exact) mass is 501 g/mol. The lowest BCUT2D eigenvalue weighted by molar-refractivity contribution is 0.580. The van der Waals surface area contributed by atoms with E-state index in [0.29, 0.717) is 21.2 Å². The highest BCUT2D eigenvalue weighted by Crippen LogP contribution is 2.27. The first-order valence-electron chi connectivity index (χ1n) is 9.06. The van der Waals surface area contributed by atoms with Crippen LogP contribution in [0.4, 0.5) is 4.39 Å². The third kappa shape index (κ3) is 5.27. The predicted molar refractivity (Wildman–Crippen MR) is 118 cm³/mol. The van der Waals surface area contributed by atoms with Gasteiger partial charge in [-0.15, -0.1) is 0 Å². The van der Waals surface area contributed by atoms with Crippen LogP contribution in [-0.2, 0) is 26.3 Å². The Kier molecular flexibility index (Phi) is 7.08. The van der Waals surface area contributed by atoms with Gasteiger partial charge in [-0.25, -0.2) is 25.9 Å². The number of sulfone groups is 1. The molecule has 10 heteroatoms. The van der Waals surface area contributed by atoms with Crippen LogP contribution in [0.5, 0.6) is 0 Å². The van der Waals surface area contributed by atoms with E-state index in [1.807, 2.05) is 0 Å². The summed E-state index contributed by atoms with van der Waals surface area (Å²) in [5.74, 6) is -0.575. The van der Waals surface area contributed by atoms with Crippen molar-refractivity contribution in [3.8, 4) is 0 Å². The summed E-state index contributed by atoms with van der Waals surface area (Å²) in [7, 11) is -8.04. The van der Waals surface area contributed by atoms with E-state index in [2.05, 4.69) is 4.72 Å². The number of benzene rings is 3. The number of nitrogens with one attached hydrogen (secondary N) is 1. The highest BCUT2D eigenvalue weighted by Gasteiger charge is 2.23. The van der Waals surface area contributed by atoms with Crippen LogP contribution in [0.3, 0.4) is 0 Å². The summed E-state index contributed by atoms with van der Waals surface area (Å²) in [6.07, 6.45) is 0.254. The average molecular weight is 502 g/mol. The van der Waals surface area contributed by atoms with E-state index in [0.717, 1.165) is 30.3 Å². The van der Waals surface area contributed by atoms with Crippen molar-refractivity contribution in [2.75, 3.05) is 6.54 Å². The maximum atomic E-state index is 13.1. The van der Waals surface area contributed by atoms with E-state index in [4.69, 9.17) is 23.2 Å². The Morgan fingerprint density at radius 2 is 1.45 bits per heavy atom. The Morgan fingerprint density at radius 1 is 0.871 bits per heavy atom. The van der Waals surface area contributed by atoms with Crippen LogP contribution in [-0.4, -0.2) is 23.4 Å². The van der Waals surface area contributed by atoms with Crippen LogP contribution in [0, 0.1) is 12.7 Å². The van der Waals surface area contributed by atoms with Crippen LogP contribution in [0.1, 0.15) is 11.1 Å². The first kappa shape index (κ1) is 23.7. The van der Waals surface area contributed by atoms with Gasteiger partial charge in [0.1, 0.15) is 5.82 Å². The largest absolute Gasteiger partial charge is 0.240 e. The molecular weight excluding hydrogens is 484 g/mol. The zero-order valence-electron chi connectivity index (χ0n) is 16.3. The van der Waals surface area contributed by atoms with Gasteiger partial charge in [-0.1, -0.05) is 35.3 Å². The van der Waals surface area contributed by atoms with E-state index < -0.39 is 25.7 Å². The van der Waals surface area contributed by atoms with Crippen molar-refractivity contribution in [3.05, 3.63) is 87.7 Å². The van der Waals surface area contributed by atoms with Crippen LogP contribution in [0.15, 0.2) is 75.4 Å². The molecular formula is C21H18Cl2FNO4S2. The van der Waals surface area contributed by atoms with Gasteiger partial charge in [-0.3, -0.25) is 0 Å². The smallest absolute Gasteiger partial charge is 0.219 e. The third-order valence-electron chi connectivity index (χ3n) is 4.61. The molecule has 0 amide bonds. The van der Waals surface area contributed by atoms with Crippen molar-refractivity contribution < 1.29 is 21.2 Å². The minimum atomic E-state index is -4.02. The summed E-state index contributed by atoms with van der Waals surface area (Å²) in [5, 5.41) is 0.852. The summed E-state index contributed by atoms with van der Waals surface area (Å²) in [5.41, 5.74) is 0.985. The van der Waals surface area contributed by atoms with Gasteiger partial charge in [0.25, 0.3) is 0 Å². The lowest BCUT2D eigenvalue weighted by Gasteiger charge is -2.13. The van der Waals surface area contributed by atoms with Crippen molar-refractivity contribution >= 4 is 43.1 Å². The molecule has 0 spiro atoms. The van der Waals surface area contributed by atoms with Crippen molar-refractivity contribution in [3.63, 3.8) is 0 Å². The maximum absolute atomic E-state index is 13.1. The van der Waals surface area contributed by atoms with Gasteiger partial charge in [-0.2, -0.15) is 0 Å². The van der Waals surface area contributed by atoms with Gasteiger partial charge in [-0.05, 0) is 73.0 Å². The zero-order chi connectivity index (χ0) is 22.8. The second kappa shape index (κ2) is 9.26. The first-order chi connectivity index (χ1) is 14.5. The Bertz CT molecular complexity index is 1310. The van der Waals surface area contributed by atoms with E-state index in [-0.39, 0.29) is 27.7 Å². The fourth-order valence-corrected chi connectivity index (χ4v) is 6.19. The summed E-state index contributed by atoms with van der Waals surface area (Å²) >= 11 is 12.2. The molecule has 0 radical (unpaired) electrons. The molecule has 0 saturated carbocycles. The van der Waals surface area contributed by atoms with Gasteiger partial charge in [0.15, 0.2) is 0 Å². The molecule has 5 nitrogen and oxygen atoms in total.